The van der Waals surface area contributed by atoms with Crippen LogP contribution in [-0.2, 0) is 4.74 Å². The van der Waals surface area contributed by atoms with Gasteiger partial charge in [0.1, 0.15) is 17.6 Å². The minimum Gasteiger partial charge on any atom is -0.494 e. The maximum atomic E-state index is 10.0. The van der Waals surface area contributed by atoms with Crippen molar-refractivity contribution >= 4 is 0 Å². The summed E-state index contributed by atoms with van der Waals surface area (Å²) >= 11 is 0. The number of hydrogen-bond acceptors (Lipinski definition) is 7. The Balaban J connectivity index is 1.68. The molecule has 2 aliphatic rings. The zero-order valence-electron chi connectivity index (χ0n) is 19.2. The lowest BCUT2D eigenvalue weighted by molar-refractivity contribution is 0.0337. The first-order valence-corrected chi connectivity index (χ1v) is 11.7. The topological polar surface area (TPSA) is 102 Å². The predicted octanol–water partition coefficient (Wildman–Crippen LogP) is 4.25. The van der Waals surface area contributed by atoms with Crippen molar-refractivity contribution in [2.45, 2.75) is 51.3 Å². The lowest BCUT2D eigenvalue weighted by atomic mass is 9.74. The van der Waals surface area contributed by atoms with Gasteiger partial charge in [-0.05, 0) is 36.6 Å². The SMILES string of the molecule is CCCCOc1ccc(C2NNC3OC(N)=C(C#N)C(c4ccccc4OCCC)C32)cc1. The number of allylic oxidation sites excluding steroid dienone is 1. The number of hydrazine groups is 1. The monoisotopic (exact) mass is 448 g/mol. The number of unbranched alkanes of at least 4 members (excludes halogenated alkanes) is 1. The second kappa shape index (κ2) is 10.6. The molecule has 7 heteroatoms. The van der Waals surface area contributed by atoms with E-state index in [-0.39, 0.29) is 30.0 Å². The van der Waals surface area contributed by atoms with Crippen LogP contribution in [0.5, 0.6) is 11.5 Å². The third-order valence-corrected chi connectivity index (χ3v) is 6.17. The van der Waals surface area contributed by atoms with Crippen LogP contribution in [0.25, 0.3) is 0 Å². The van der Waals surface area contributed by atoms with Crippen molar-refractivity contribution in [3.8, 4) is 17.6 Å². The summed E-state index contributed by atoms with van der Waals surface area (Å²) in [5.41, 5.74) is 15.2. The van der Waals surface area contributed by atoms with E-state index in [0.29, 0.717) is 18.8 Å². The zero-order valence-corrected chi connectivity index (χ0v) is 19.2. The van der Waals surface area contributed by atoms with E-state index < -0.39 is 0 Å². The largest absolute Gasteiger partial charge is 0.494 e. The van der Waals surface area contributed by atoms with Crippen LogP contribution in [0.3, 0.4) is 0 Å². The summed E-state index contributed by atoms with van der Waals surface area (Å²) in [7, 11) is 0. The van der Waals surface area contributed by atoms with Crippen molar-refractivity contribution in [2.24, 2.45) is 11.7 Å². The van der Waals surface area contributed by atoms with Crippen LogP contribution in [0.4, 0.5) is 0 Å². The number of nitrogens with zero attached hydrogens (tertiary/aromatic N) is 1. The number of fused-ring (bicyclic) bond motifs is 1. The third kappa shape index (κ3) is 4.77. The molecule has 33 heavy (non-hydrogen) atoms. The molecule has 2 heterocycles. The van der Waals surface area contributed by atoms with Crippen LogP contribution in [-0.4, -0.2) is 19.4 Å². The Morgan fingerprint density at radius 2 is 1.79 bits per heavy atom. The summed E-state index contributed by atoms with van der Waals surface area (Å²) in [6, 6.07) is 18.2. The first-order valence-electron chi connectivity index (χ1n) is 11.7. The lowest BCUT2D eigenvalue weighted by Crippen LogP contribution is -2.41. The number of rotatable bonds is 9. The van der Waals surface area contributed by atoms with E-state index in [2.05, 4.69) is 42.9 Å². The number of hydrogen-bond donors (Lipinski definition) is 3. The van der Waals surface area contributed by atoms with Gasteiger partial charge in [0.05, 0.1) is 24.8 Å². The van der Waals surface area contributed by atoms with Gasteiger partial charge in [0.2, 0.25) is 5.88 Å². The van der Waals surface area contributed by atoms with Crippen LogP contribution in [0.15, 0.2) is 60.0 Å². The number of nitriles is 1. The molecule has 0 amide bonds. The molecular formula is C26H32N4O3. The van der Waals surface area contributed by atoms with E-state index in [9.17, 15) is 5.26 Å². The van der Waals surface area contributed by atoms with Crippen LogP contribution >= 0.6 is 0 Å². The second-order valence-corrected chi connectivity index (χ2v) is 8.41. The van der Waals surface area contributed by atoms with Gasteiger partial charge < -0.3 is 19.9 Å². The molecule has 174 valence electrons. The van der Waals surface area contributed by atoms with Crippen LogP contribution in [0.1, 0.15) is 56.2 Å². The van der Waals surface area contributed by atoms with E-state index in [1.807, 2.05) is 36.4 Å². The Hall–Kier alpha value is -3.21. The third-order valence-electron chi connectivity index (χ3n) is 6.17. The van der Waals surface area contributed by atoms with E-state index in [4.69, 9.17) is 19.9 Å². The number of nitrogens with one attached hydrogen (secondary N) is 2. The fourth-order valence-electron chi connectivity index (χ4n) is 4.54. The van der Waals surface area contributed by atoms with Gasteiger partial charge in [-0.25, -0.2) is 10.9 Å². The molecule has 0 aromatic heterocycles. The van der Waals surface area contributed by atoms with Gasteiger partial charge in [-0.3, -0.25) is 0 Å². The summed E-state index contributed by atoms with van der Waals surface area (Å²) in [5.74, 6) is 1.39. The van der Waals surface area contributed by atoms with Crippen molar-refractivity contribution in [1.29, 1.82) is 5.26 Å². The first-order chi connectivity index (χ1) is 16.2. The van der Waals surface area contributed by atoms with Gasteiger partial charge in [0.15, 0.2) is 6.23 Å². The molecule has 2 aromatic rings. The van der Waals surface area contributed by atoms with Crippen molar-refractivity contribution in [2.75, 3.05) is 13.2 Å². The summed E-state index contributed by atoms with van der Waals surface area (Å²) in [4.78, 5) is 0. The fourth-order valence-corrected chi connectivity index (χ4v) is 4.54. The highest BCUT2D eigenvalue weighted by atomic mass is 16.5. The molecule has 7 nitrogen and oxygen atoms in total. The molecule has 0 radical (unpaired) electrons. The Labute approximate surface area is 195 Å². The summed E-state index contributed by atoms with van der Waals surface area (Å²) in [6.45, 7) is 5.53. The highest BCUT2D eigenvalue weighted by Gasteiger charge is 2.49. The number of benzene rings is 2. The Kier molecular flexibility index (Phi) is 7.38. The smallest absolute Gasteiger partial charge is 0.200 e. The maximum Gasteiger partial charge on any atom is 0.200 e. The van der Waals surface area contributed by atoms with Crippen molar-refractivity contribution in [3.05, 3.63) is 71.1 Å². The average Bonchev–Trinajstić information content (AvgIpc) is 3.26. The van der Waals surface area contributed by atoms with Gasteiger partial charge in [-0.2, -0.15) is 5.26 Å². The minimum absolute atomic E-state index is 0.0969. The standard InChI is InChI=1S/C26H32N4O3/c1-3-5-15-31-18-12-10-17(11-13-18)24-23-22(19-8-6-7-9-21(19)32-14-4-2)20(16-27)25(28)33-26(23)30-29-24/h6-13,22-24,26,29-30H,3-5,14-15,28H2,1-2H3. The average molecular weight is 449 g/mol. The molecule has 2 aliphatic heterocycles. The van der Waals surface area contributed by atoms with Gasteiger partial charge in [0, 0.05) is 17.4 Å². The summed E-state index contributed by atoms with van der Waals surface area (Å²) in [6.07, 6.45) is 2.65. The molecule has 0 aliphatic carbocycles. The predicted molar refractivity (Wildman–Crippen MR) is 126 cm³/mol. The molecule has 4 unspecified atom stereocenters. The van der Waals surface area contributed by atoms with Crippen molar-refractivity contribution in [3.63, 3.8) is 0 Å². The van der Waals surface area contributed by atoms with Crippen LogP contribution < -0.4 is 26.1 Å². The minimum atomic E-state index is -0.378. The van der Waals surface area contributed by atoms with Crippen molar-refractivity contribution in [1.82, 2.24) is 10.9 Å². The lowest BCUT2D eigenvalue weighted by Gasteiger charge is -2.36. The normalized spacial score (nSPS) is 24.0. The van der Waals surface area contributed by atoms with Crippen molar-refractivity contribution < 1.29 is 14.2 Å². The quantitative estimate of drug-likeness (QED) is 0.493. The van der Waals surface area contributed by atoms with Crippen LogP contribution in [0.2, 0.25) is 0 Å². The van der Waals surface area contributed by atoms with E-state index >= 15 is 0 Å². The molecule has 1 saturated heterocycles. The Morgan fingerprint density at radius 3 is 2.52 bits per heavy atom. The molecule has 4 N–H and O–H groups in total. The highest BCUT2D eigenvalue weighted by molar-refractivity contribution is 5.48. The molecule has 0 spiro atoms. The van der Waals surface area contributed by atoms with Crippen LogP contribution in [0, 0.1) is 17.2 Å². The van der Waals surface area contributed by atoms with E-state index in [1.165, 1.54) is 0 Å². The Morgan fingerprint density at radius 1 is 1.00 bits per heavy atom. The van der Waals surface area contributed by atoms with Gasteiger partial charge in [-0.15, -0.1) is 0 Å². The fraction of sp³-hybridized carbons (Fsp3) is 0.423. The molecule has 2 aromatic carbocycles. The Bertz CT molecular complexity index is 1010. The maximum absolute atomic E-state index is 10.0. The number of ether oxygens (including phenoxy) is 3. The number of para-hydroxylation sites is 1. The highest BCUT2D eigenvalue weighted by Crippen LogP contribution is 2.49. The molecule has 0 bridgehead atoms. The van der Waals surface area contributed by atoms with E-state index in [0.717, 1.165) is 41.9 Å². The molecule has 4 rings (SSSR count). The summed E-state index contributed by atoms with van der Waals surface area (Å²) < 4.78 is 17.8. The molecule has 1 fully saturated rings. The molecule has 0 saturated carbocycles. The zero-order chi connectivity index (χ0) is 23.2. The molecule has 4 atom stereocenters. The first kappa shape index (κ1) is 23.0. The molecular weight excluding hydrogens is 416 g/mol. The van der Waals surface area contributed by atoms with Gasteiger partial charge in [0.25, 0.3) is 0 Å². The second-order valence-electron chi connectivity index (χ2n) is 8.41. The number of nitrogens with two attached hydrogens (primary N) is 1. The van der Waals surface area contributed by atoms with Gasteiger partial charge >= 0.3 is 0 Å². The summed E-state index contributed by atoms with van der Waals surface area (Å²) in [5, 5.41) is 10.0. The van der Waals surface area contributed by atoms with E-state index in [1.54, 1.807) is 0 Å². The van der Waals surface area contributed by atoms with Gasteiger partial charge in [-0.1, -0.05) is 50.6 Å².